The van der Waals surface area contributed by atoms with Crippen LogP contribution in [0.2, 0.25) is 0 Å². The quantitative estimate of drug-likeness (QED) is 0.571. The maximum absolute atomic E-state index is 12.8. The van der Waals surface area contributed by atoms with E-state index in [9.17, 15) is 4.79 Å². The average Bonchev–Trinajstić information content (AvgIpc) is 3.34. The summed E-state index contributed by atoms with van der Waals surface area (Å²) in [7, 11) is 1.61. The molecule has 0 bridgehead atoms. The Bertz CT molecular complexity index is 1000. The molecule has 0 spiro atoms. The van der Waals surface area contributed by atoms with Gasteiger partial charge in [0, 0.05) is 24.9 Å². The number of hydrogen-bond donors (Lipinski definition) is 1. The zero-order chi connectivity index (χ0) is 20.9. The number of hydrogen-bond acceptors (Lipinski definition) is 6. The largest absolute Gasteiger partial charge is 0.475 e. The van der Waals surface area contributed by atoms with Crippen LogP contribution in [0.3, 0.4) is 0 Å². The second-order valence-corrected chi connectivity index (χ2v) is 7.25. The fourth-order valence-corrected chi connectivity index (χ4v) is 3.66. The highest BCUT2D eigenvalue weighted by Crippen LogP contribution is 2.33. The second-order valence-electron chi connectivity index (χ2n) is 7.25. The number of fused-ring (bicyclic) bond motifs is 1. The molecular weight excluding hydrogens is 382 g/mol. The molecule has 0 fully saturated rings. The van der Waals surface area contributed by atoms with E-state index < -0.39 is 0 Å². The van der Waals surface area contributed by atoms with Crippen LogP contribution < -0.4 is 15.0 Å². The van der Waals surface area contributed by atoms with E-state index in [0.29, 0.717) is 48.7 Å². The molecule has 7 heteroatoms. The third-order valence-electron chi connectivity index (χ3n) is 5.18. The number of carbonyl (C=O) groups excluding carboxylic acids is 1. The molecule has 0 radical (unpaired) electrons. The molecule has 1 aromatic carbocycles. The lowest BCUT2D eigenvalue weighted by Crippen LogP contribution is -2.29. The van der Waals surface area contributed by atoms with E-state index >= 15 is 0 Å². The topological polar surface area (TPSA) is 76.8 Å². The molecule has 1 unspecified atom stereocenters. The Morgan fingerprint density at radius 1 is 1.23 bits per heavy atom. The smallest absolute Gasteiger partial charge is 0.259 e. The minimum Gasteiger partial charge on any atom is -0.475 e. The molecule has 2 aromatic heterocycles. The number of aromatic nitrogens is 1. The standard InChI is InChI=1S/C23H25N3O4/c1-16-13-17-5-3-4-6-20(17)26(16)15-21-19(9-10-29-21)23(27)25-18-7-8-22(24-14-18)30-12-11-28-2/h3-10,14,16H,11-13,15H2,1-2H3,(H,25,27). The van der Waals surface area contributed by atoms with Gasteiger partial charge >= 0.3 is 0 Å². The van der Waals surface area contributed by atoms with Crippen LogP contribution >= 0.6 is 0 Å². The van der Waals surface area contributed by atoms with Gasteiger partial charge in [-0.05, 0) is 37.1 Å². The molecule has 1 N–H and O–H groups in total. The SMILES string of the molecule is COCCOc1ccc(NC(=O)c2ccoc2CN2c3ccccc3CC2C)cn1. The molecule has 0 saturated heterocycles. The van der Waals surface area contributed by atoms with Gasteiger partial charge in [0.05, 0.1) is 36.9 Å². The van der Waals surface area contributed by atoms with Crippen molar-refractivity contribution in [1.82, 2.24) is 4.98 Å². The normalized spacial score (nSPS) is 15.1. The Labute approximate surface area is 175 Å². The highest BCUT2D eigenvalue weighted by atomic mass is 16.5. The first-order chi connectivity index (χ1) is 14.7. The molecule has 0 saturated carbocycles. The van der Waals surface area contributed by atoms with Crippen LogP contribution in [0.15, 0.2) is 59.3 Å². The third kappa shape index (κ3) is 4.31. The van der Waals surface area contributed by atoms with E-state index in [-0.39, 0.29) is 5.91 Å². The molecule has 1 aliphatic heterocycles. The molecule has 30 heavy (non-hydrogen) atoms. The van der Waals surface area contributed by atoms with Gasteiger partial charge in [-0.3, -0.25) is 4.79 Å². The van der Waals surface area contributed by atoms with Gasteiger partial charge in [-0.1, -0.05) is 18.2 Å². The zero-order valence-electron chi connectivity index (χ0n) is 17.1. The van der Waals surface area contributed by atoms with Gasteiger partial charge in [0.25, 0.3) is 5.91 Å². The molecule has 1 aliphatic rings. The van der Waals surface area contributed by atoms with Gasteiger partial charge < -0.3 is 24.1 Å². The van der Waals surface area contributed by atoms with E-state index in [1.54, 1.807) is 37.8 Å². The number of pyridine rings is 1. The number of para-hydroxylation sites is 1. The van der Waals surface area contributed by atoms with Gasteiger partial charge in [0.1, 0.15) is 12.4 Å². The number of amides is 1. The molecule has 3 aromatic rings. The third-order valence-corrected chi connectivity index (χ3v) is 5.18. The Morgan fingerprint density at radius 3 is 2.90 bits per heavy atom. The van der Waals surface area contributed by atoms with Crippen LogP contribution in [0.4, 0.5) is 11.4 Å². The van der Waals surface area contributed by atoms with Crippen molar-refractivity contribution in [2.24, 2.45) is 0 Å². The van der Waals surface area contributed by atoms with Crippen molar-refractivity contribution < 1.29 is 18.7 Å². The van der Waals surface area contributed by atoms with Crippen LogP contribution in [-0.2, 0) is 17.7 Å². The molecule has 7 nitrogen and oxygen atoms in total. The van der Waals surface area contributed by atoms with E-state index in [4.69, 9.17) is 13.9 Å². The number of nitrogens with one attached hydrogen (secondary N) is 1. The van der Waals surface area contributed by atoms with Gasteiger partial charge in [0.2, 0.25) is 5.88 Å². The number of nitrogens with zero attached hydrogens (tertiary/aromatic N) is 2. The molecule has 1 amide bonds. The van der Waals surface area contributed by atoms with Crippen molar-refractivity contribution in [1.29, 1.82) is 0 Å². The van der Waals surface area contributed by atoms with Crippen molar-refractivity contribution in [3.8, 4) is 5.88 Å². The summed E-state index contributed by atoms with van der Waals surface area (Å²) in [6, 6.07) is 13.9. The van der Waals surface area contributed by atoms with Gasteiger partial charge in [-0.2, -0.15) is 0 Å². The van der Waals surface area contributed by atoms with Crippen LogP contribution in [-0.4, -0.2) is 37.3 Å². The molecule has 3 heterocycles. The van der Waals surface area contributed by atoms with E-state index in [1.807, 2.05) is 6.07 Å². The summed E-state index contributed by atoms with van der Waals surface area (Å²) in [5, 5.41) is 2.87. The van der Waals surface area contributed by atoms with E-state index in [2.05, 4.69) is 40.3 Å². The van der Waals surface area contributed by atoms with Crippen molar-refractivity contribution in [3.05, 3.63) is 71.8 Å². The van der Waals surface area contributed by atoms with Crippen LogP contribution in [0, 0.1) is 0 Å². The number of furan rings is 1. The molecule has 4 rings (SSSR count). The van der Waals surface area contributed by atoms with Crippen molar-refractivity contribution >= 4 is 17.3 Å². The Morgan fingerprint density at radius 2 is 2.10 bits per heavy atom. The summed E-state index contributed by atoms with van der Waals surface area (Å²) in [4.78, 5) is 19.3. The van der Waals surface area contributed by atoms with Gasteiger partial charge in [-0.25, -0.2) is 4.98 Å². The second kappa shape index (κ2) is 9.00. The summed E-state index contributed by atoms with van der Waals surface area (Å²) < 4.78 is 16.1. The average molecular weight is 407 g/mol. The Balaban J connectivity index is 1.42. The first kappa shape index (κ1) is 20.0. The Kier molecular flexibility index (Phi) is 5.99. The summed E-state index contributed by atoms with van der Waals surface area (Å²) in [5.41, 5.74) is 3.63. The highest BCUT2D eigenvalue weighted by Gasteiger charge is 2.28. The first-order valence-electron chi connectivity index (χ1n) is 9.95. The lowest BCUT2D eigenvalue weighted by atomic mass is 10.1. The predicted octanol–water partition coefficient (Wildman–Crippen LogP) is 3.90. The number of rotatable bonds is 8. The first-order valence-corrected chi connectivity index (χ1v) is 9.95. The summed E-state index contributed by atoms with van der Waals surface area (Å²) in [5.74, 6) is 0.896. The van der Waals surface area contributed by atoms with Gasteiger partial charge in [0.15, 0.2) is 0 Å². The van der Waals surface area contributed by atoms with Crippen molar-refractivity contribution in [3.63, 3.8) is 0 Å². The van der Waals surface area contributed by atoms with Crippen LogP contribution in [0.5, 0.6) is 5.88 Å². The molecule has 156 valence electrons. The number of benzene rings is 1. The lowest BCUT2D eigenvalue weighted by molar-refractivity contribution is 0.102. The summed E-state index contributed by atoms with van der Waals surface area (Å²) in [6.07, 6.45) is 4.11. The lowest BCUT2D eigenvalue weighted by Gasteiger charge is -2.24. The molecule has 0 aliphatic carbocycles. The van der Waals surface area contributed by atoms with Crippen LogP contribution in [0.25, 0.3) is 0 Å². The summed E-state index contributed by atoms with van der Waals surface area (Å²) in [6.45, 7) is 3.64. The number of carbonyl (C=O) groups is 1. The highest BCUT2D eigenvalue weighted by molar-refractivity contribution is 6.04. The van der Waals surface area contributed by atoms with Crippen molar-refractivity contribution in [2.45, 2.75) is 25.9 Å². The zero-order valence-corrected chi connectivity index (χ0v) is 17.1. The number of methoxy groups -OCH3 is 1. The fraction of sp³-hybridized carbons (Fsp3) is 0.304. The number of ether oxygens (including phenoxy) is 2. The van der Waals surface area contributed by atoms with Crippen LogP contribution in [0.1, 0.15) is 28.6 Å². The van der Waals surface area contributed by atoms with Gasteiger partial charge in [-0.15, -0.1) is 0 Å². The molecule has 1 atom stereocenters. The predicted molar refractivity (Wildman–Crippen MR) is 114 cm³/mol. The fourth-order valence-electron chi connectivity index (χ4n) is 3.66. The van der Waals surface area contributed by atoms with Crippen molar-refractivity contribution in [2.75, 3.05) is 30.5 Å². The minimum atomic E-state index is -0.228. The molecular formula is C23H25N3O4. The monoisotopic (exact) mass is 407 g/mol. The van der Waals surface area contributed by atoms with E-state index in [1.165, 1.54) is 11.3 Å². The summed E-state index contributed by atoms with van der Waals surface area (Å²) >= 11 is 0. The number of anilines is 2. The Hall–Kier alpha value is -3.32. The maximum atomic E-state index is 12.8. The van der Waals surface area contributed by atoms with E-state index in [0.717, 1.165) is 6.42 Å². The maximum Gasteiger partial charge on any atom is 0.259 e. The minimum absolute atomic E-state index is 0.228.